The molecule has 0 spiro atoms. The predicted octanol–water partition coefficient (Wildman–Crippen LogP) is 15.1. The molecule has 9 aromatic carbocycles. The topological polar surface area (TPSA) is 42.4 Å². The van der Waals surface area contributed by atoms with E-state index in [1.54, 1.807) is 0 Å². The van der Waals surface area contributed by atoms with Crippen LogP contribution in [0.2, 0.25) is 0 Å². The molecule has 57 heavy (non-hydrogen) atoms. The van der Waals surface area contributed by atoms with E-state index in [1.807, 2.05) is 42.7 Å². The van der Waals surface area contributed by atoms with Crippen molar-refractivity contribution in [3.63, 3.8) is 0 Å². The Kier molecular flexibility index (Phi) is 6.89. The first-order valence-electron chi connectivity index (χ1n) is 19.2. The van der Waals surface area contributed by atoms with E-state index in [0.717, 1.165) is 93.4 Å². The molecule has 0 amide bonds. The molecule has 4 heteroatoms. The zero-order valence-corrected chi connectivity index (χ0v) is 30.7. The van der Waals surface area contributed by atoms with E-state index in [4.69, 9.17) is 8.83 Å². The molecule has 0 saturated heterocycles. The molecule has 0 aliphatic rings. The summed E-state index contributed by atoms with van der Waals surface area (Å²) >= 11 is 0. The van der Waals surface area contributed by atoms with Crippen molar-refractivity contribution in [1.82, 2.24) is 4.98 Å². The Bertz CT molecular complexity index is 3370. The Morgan fingerprint density at radius 2 is 0.807 bits per heavy atom. The zero-order valence-electron chi connectivity index (χ0n) is 30.7. The highest BCUT2D eigenvalue weighted by Crippen LogP contribution is 2.41. The number of pyridine rings is 1. The van der Waals surface area contributed by atoms with Gasteiger partial charge in [0.05, 0.1) is 0 Å². The minimum Gasteiger partial charge on any atom is -0.456 e. The van der Waals surface area contributed by atoms with Gasteiger partial charge in [-0.3, -0.25) is 4.98 Å². The molecule has 3 aromatic heterocycles. The van der Waals surface area contributed by atoms with Crippen LogP contribution in [0.3, 0.4) is 0 Å². The summed E-state index contributed by atoms with van der Waals surface area (Å²) < 4.78 is 12.5. The fourth-order valence-corrected chi connectivity index (χ4v) is 8.56. The van der Waals surface area contributed by atoms with Gasteiger partial charge in [0.1, 0.15) is 22.3 Å². The number of aromatic nitrogens is 1. The molecule has 0 N–H and O–H groups in total. The van der Waals surface area contributed by atoms with Crippen LogP contribution >= 0.6 is 0 Å². The third-order valence-corrected chi connectivity index (χ3v) is 11.5. The summed E-state index contributed by atoms with van der Waals surface area (Å²) in [6.07, 6.45) is 3.76. The molecule has 3 heterocycles. The number of fused-ring (bicyclic) bond motifs is 9. The Balaban J connectivity index is 0.965. The van der Waals surface area contributed by atoms with Crippen molar-refractivity contribution in [2.75, 3.05) is 4.90 Å². The van der Waals surface area contributed by atoms with Crippen molar-refractivity contribution < 1.29 is 8.83 Å². The van der Waals surface area contributed by atoms with Gasteiger partial charge in [0, 0.05) is 56.4 Å². The van der Waals surface area contributed by atoms with Gasteiger partial charge in [-0.2, -0.15) is 0 Å². The number of benzene rings is 9. The Morgan fingerprint density at radius 3 is 1.40 bits per heavy atom. The van der Waals surface area contributed by atoms with E-state index in [0.29, 0.717) is 0 Å². The molecule has 4 nitrogen and oxygen atoms in total. The van der Waals surface area contributed by atoms with E-state index >= 15 is 0 Å². The predicted molar refractivity (Wildman–Crippen MR) is 237 cm³/mol. The van der Waals surface area contributed by atoms with Crippen molar-refractivity contribution >= 4 is 93.3 Å². The first-order valence-corrected chi connectivity index (χ1v) is 19.2. The molecule has 12 rings (SSSR count). The van der Waals surface area contributed by atoms with Gasteiger partial charge in [0.15, 0.2) is 0 Å². The highest BCUT2D eigenvalue weighted by atomic mass is 16.3. The molecule has 266 valence electrons. The molecule has 0 unspecified atom stereocenters. The van der Waals surface area contributed by atoms with E-state index in [2.05, 4.69) is 162 Å². The normalized spacial score (nSPS) is 11.9. The summed E-state index contributed by atoms with van der Waals surface area (Å²) in [5.74, 6) is 0. The quantitative estimate of drug-likeness (QED) is 0.177. The second-order valence-corrected chi connectivity index (χ2v) is 14.9. The number of hydrogen-bond donors (Lipinski definition) is 0. The van der Waals surface area contributed by atoms with Crippen LogP contribution in [0.1, 0.15) is 0 Å². The van der Waals surface area contributed by atoms with Crippen LogP contribution in [0.15, 0.2) is 203 Å². The molecule has 0 saturated carbocycles. The Morgan fingerprint density at radius 1 is 0.316 bits per heavy atom. The largest absolute Gasteiger partial charge is 0.456 e. The maximum absolute atomic E-state index is 6.24. The minimum atomic E-state index is 0.902. The number of furan rings is 2. The third kappa shape index (κ3) is 5.26. The number of hydrogen-bond acceptors (Lipinski definition) is 4. The maximum Gasteiger partial charge on any atom is 0.136 e. The van der Waals surface area contributed by atoms with Gasteiger partial charge in [-0.25, -0.2) is 0 Å². The summed E-state index contributed by atoms with van der Waals surface area (Å²) in [5.41, 5.74) is 11.5. The Hall–Kier alpha value is -7.69. The van der Waals surface area contributed by atoms with Crippen molar-refractivity contribution in [3.05, 3.63) is 194 Å². The highest BCUT2D eigenvalue weighted by Gasteiger charge is 2.17. The summed E-state index contributed by atoms with van der Waals surface area (Å²) in [5, 5.41) is 11.4. The summed E-state index contributed by atoms with van der Waals surface area (Å²) in [6, 6.07) is 65.1. The van der Waals surface area contributed by atoms with Gasteiger partial charge in [0.25, 0.3) is 0 Å². The van der Waals surface area contributed by atoms with Gasteiger partial charge in [-0.05, 0) is 134 Å². The van der Waals surface area contributed by atoms with Gasteiger partial charge in [-0.1, -0.05) is 97.1 Å². The van der Waals surface area contributed by atoms with E-state index in [-0.39, 0.29) is 0 Å². The maximum atomic E-state index is 6.24. The average Bonchev–Trinajstić information content (AvgIpc) is 3.82. The van der Waals surface area contributed by atoms with Crippen LogP contribution in [0.25, 0.3) is 98.4 Å². The average molecular weight is 729 g/mol. The van der Waals surface area contributed by atoms with E-state index < -0.39 is 0 Å². The number of rotatable bonds is 5. The monoisotopic (exact) mass is 728 g/mol. The van der Waals surface area contributed by atoms with E-state index in [1.165, 1.54) is 22.1 Å². The van der Waals surface area contributed by atoms with Crippen LogP contribution in [0.4, 0.5) is 17.1 Å². The van der Waals surface area contributed by atoms with Crippen LogP contribution in [0, 0.1) is 0 Å². The molecule has 0 radical (unpaired) electrons. The van der Waals surface area contributed by atoms with E-state index in [9.17, 15) is 0 Å². The Labute approximate surface area is 327 Å². The van der Waals surface area contributed by atoms with Crippen LogP contribution < -0.4 is 4.90 Å². The van der Waals surface area contributed by atoms with Crippen LogP contribution in [-0.4, -0.2) is 4.98 Å². The van der Waals surface area contributed by atoms with Crippen molar-refractivity contribution in [3.8, 4) is 22.3 Å². The lowest BCUT2D eigenvalue weighted by Gasteiger charge is -2.26. The third-order valence-electron chi connectivity index (χ3n) is 11.5. The molecule has 12 aromatic rings. The van der Waals surface area contributed by atoms with Crippen LogP contribution in [-0.2, 0) is 0 Å². The lowest BCUT2D eigenvalue weighted by Crippen LogP contribution is -2.09. The molecular formula is C53H32N2O2. The van der Waals surface area contributed by atoms with Crippen molar-refractivity contribution in [2.45, 2.75) is 0 Å². The second kappa shape index (κ2) is 12.4. The summed E-state index contributed by atoms with van der Waals surface area (Å²) in [4.78, 5) is 6.67. The van der Waals surface area contributed by atoms with Gasteiger partial charge < -0.3 is 13.7 Å². The van der Waals surface area contributed by atoms with Crippen LogP contribution in [0.5, 0.6) is 0 Å². The zero-order chi connectivity index (χ0) is 37.5. The number of nitrogens with zero attached hydrogens (tertiary/aromatic N) is 2. The molecule has 0 atom stereocenters. The molecule has 0 aliphatic heterocycles. The smallest absolute Gasteiger partial charge is 0.136 e. The molecular weight excluding hydrogens is 697 g/mol. The minimum absolute atomic E-state index is 0.902. The van der Waals surface area contributed by atoms with Gasteiger partial charge >= 0.3 is 0 Å². The van der Waals surface area contributed by atoms with Crippen molar-refractivity contribution in [1.29, 1.82) is 0 Å². The molecule has 0 fully saturated rings. The first kappa shape index (κ1) is 31.6. The van der Waals surface area contributed by atoms with Crippen molar-refractivity contribution in [2.24, 2.45) is 0 Å². The lowest BCUT2D eigenvalue weighted by atomic mass is 9.98. The van der Waals surface area contributed by atoms with Gasteiger partial charge in [0.2, 0.25) is 0 Å². The lowest BCUT2D eigenvalue weighted by molar-refractivity contribution is 0.669. The SMILES string of the molecule is c1ccc2c(c1)oc1cc3ccc(N(c4ccc(-c5ccc(-c6ccc7ccncc7c6)cc5)cc4)c4ccc5cc6oc7ccccc7c6cc5c4)cc3cc12. The highest BCUT2D eigenvalue weighted by molar-refractivity contribution is 6.12. The fraction of sp³-hybridized carbons (Fsp3) is 0. The molecule has 0 aliphatic carbocycles. The second-order valence-electron chi connectivity index (χ2n) is 14.9. The standard InChI is InChI=1S/C53H32N2O2/c1-3-7-50-46(5-1)48-28-40-26-44(21-17-38(40)30-52(48)56-50)55(45-22-18-39-31-53-49(29-41(39)27-45)47-6-2-4-8-51(47)57-53)43-19-15-34(16-20-43)33-9-11-35(12-10-33)37-14-13-36-23-24-54-32-42(36)25-37/h1-32H. The molecule has 0 bridgehead atoms. The summed E-state index contributed by atoms with van der Waals surface area (Å²) in [7, 11) is 0. The fourth-order valence-electron chi connectivity index (χ4n) is 8.56. The summed E-state index contributed by atoms with van der Waals surface area (Å²) in [6.45, 7) is 0. The van der Waals surface area contributed by atoms with Gasteiger partial charge in [-0.15, -0.1) is 0 Å². The first-order chi connectivity index (χ1) is 28.2. The number of anilines is 3. The number of para-hydroxylation sites is 2.